The quantitative estimate of drug-likeness (QED) is 0.0839. The van der Waals surface area contributed by atoms with Crippen molar-refractivity contribution in [2.75, 3.05) is 31.7 Å². The fraction of sp³-hybridized carbons (Fsp3) is 0.759. The Hall–Kier alpha value is -1.45. The minimum atomic E-state index is -7.28. The summed E-state index contributed by atoms with van der Waals surface area (Å²) in [6.07, 6.45) is -18.5. The van der Waals surface area contributed by atoms with Crippen LogP contribution in [0.5, 0.6) is 0 Å². The summed E-state index contributed by atoms with van der Waals surface area (Å²) in [5.74, 6) is -16.7. The lowest BCUT2D eigenvalue weighted by Crippen LogP contribution is -2.62. The van der Waals surface area contributed by atoms with Crippen LogP contribution in [-0.4, -0.2) is 103 Å². The van der Waals surface area contributed by atoms with Gasteiger partial charge in [0.25, 0.3) is 15.2 Å². The second-order valence-electron chi connectivity index (χ2n) is 14.0. The number of benzene rings is 1. The predicted molar refractivity (Wildman–Crippen MR) is 177 cm³/mol. The molecular weight excluding hydrogens is 796 g/mol. The van der Waals surface area contributed by atoms with Crippen LogP contribution in [0.4, 0.5) is 54.0 Å². The second kappa shape index (κ2) is 16.7. The number of amides is 1. The fourth-order valence-corrected chi connectivity index (χ4v) is 22.6. The molecular formula is C29H44F11NO7Si4. The third kappa shape index (κ3) is 11.8. The van der Waals surface area contributed by atoms with Gasteiger partial charge >= 0.3 is 38.8 Å². The number of anilines is 1. The zero-order valence-electron chi connectivity index (χ0n) is 29.3. The molecule has 0 radical (unpaired) electrons. The average Bonchev–Trinajstić information content (AvgIpc) is 3.83. The van der Waals surface area contributed by atoms with Crippen LogP contribution in [0.2, 0.25) is 56.9 Å². The topological polar surface area (TPSA) is 87.8 Å². The zero-order chi connectivity index (χ0) is 39.4. The van der Waals surface area contributed by atoms with E-state index >= 15 is 0 Å². The van der Waals surface area contributed by atoms with Crippen LogP contribution in [0.3, 0.4) is 0 Å². The fourth-order valence-electron chi connectivity index (χ4n) is 5.54. The monoisotopic (exact) mass is 839 g/mol. The van der Waals surface area contributed by atoms with E-state index in [9.17, 15) is 53.1 Å². The van der Waals surface area contributed by atoms with Gasteiger partial charge in [0.1, 0.15) is 6.10 Å². The number of halogens is 11. The number of hydrogen-bond acceptors (Lipinski definition) is 7. The highest BCUT2D eigenvalue weighted by Crippen LogP contribution is 2.51. The Balaban J connectivity index is 1.70. The first-order chi connectivity index (χ1) is 23.7. The van der Waals surface area contributed by atoms with Crippen LogP contribution in [0.25, 0.3) is 0 Å². The van der Waals surface area contributed by atoms with Crippen LogP contribution < -0.4 is 10.5 Å². The molecule has 5 unspecified atom stereocenters. The minimum absolute atomic E-state index is 0.177. The summed E-state index contributed by atoms with van der Waals surface area (Å²) in [5, 5.41) is 1.88. The van der Waals surface area contributed by atoms with Crippen molar-refractivity contribution in [2.45, 2.75) is 113 Å². The SMILES string of the molecule is C[SiH]1O[Si](C)(CC[Si](C)(C)c2cccc(NC(=O)C(F)(OC(F)(F)C(F)(F)C(F)(F)F)C(F)(F)F)c2)CCCCO[Si](C)(CCCOCC2CO2)O1. The highest BCUT2D eigenvalue weighted by Gasteiger charge is 2.79. The van der Waals surface area contributed by atoms with Gasteiger partial charge in [-0.1, -0.05) is 42.9 Å². The molecule has 0 aromatic heterocycles. The van der Waals surface area contributed by atoms with Gasteiger partial charge in [-0.25, -0.2) is 0 Å². The molecule has 8 nitrogen and oxygen atoms in total. The van der Waals surface area contributed by atoms with Crippen molar-refractivity contribution in [1.29, 1.82) is 0 Å². The van der Waals surface area contributed by atoms with Gasteiger partial charge in [-0.3, -0.25) is 9.53 Å². The summed E-state index contributed by atoms with van der Waals surface area (Å²) in [7, 11) is -9.69. The van der Waals surface area contributed by atoms with Crippen molar-refractivity contribution in [3.8, 4) is 0 Å². The molecule has 0 bridgehead atoms. The maximum Gasteiger partial charge on any atom is 0.462 e. The number of ether oxygens (including phenoxy) is 3. The first-order valence-electron chi connectivity index (χ1n) is 16.5. The second-order valence-corrected chi connectivity index (χ2v) is 28.9. The van der Waals surface area contributed by atoms with Crippen LogP contribution >= 0.6 is 0 Å². The van der Waals surface area contributed by atoms with Gasteiger partial charge in [-0.15, -0.1) is 0 Å². The Kier molecular flexibility index (Phi) is 14.5. The molecule has 1 aromatic carbocycles. The maximum atomic E-state index is 14.8. The Bertz CT molecular complexity index is 1360. The summed E-state index contributed by atoms with van der Waals surface area (Å²) in [6, 6.07) is 7.80. The lowest BCUT2D eigenvalue weighted by molar-refractivity contribution is -0.472. The lowest BCUT2D eigenvalue weighted by Gasteiger charge is -2.38. The number of rotatable bonds is 15. The minimum Gasteiger partial charge on any atom is -0.438 e. The Morgan fingerprint density at radius 2 is 1.63 bits per heavy atom. The lowest BCUT2D eigenvalue weighted by atomic mass is 10.2. The van der Waals surface area contributed by atoms with Crippen molar-refractivity contribution >= 4 is 51.0 Å². The third-order valence-corrected chi connectivity index (χ3v) is 24.4. The van der Waals surface area contributed by atoms with E-state index < -0.39 is 76.1 Å². The molecule has 23 heteroatoms. The number of alkyl halides is 11. The molecule has 5 atom stereocenters. The molecule has 2 aliphatic heterocycles. The molecule has 2 saturated heterocycles. The zero-order valence-corrected chi connectivity index (χ0v) is 33.4. The van der Waals surface area contributed by atoms with E-state index in [-0.39, 0.29) is 6.10 Å². The summed E-state index contributed by atoms with van der Waals surface area (Å²) in [6.45, 7) is 12.3. The highest BCUT2D eigenvalue weighted by atomic mass is 28.5. The van der Waals surface area contributed by atoms with Gasteiger partial charge in [0.15, 0.2) is 8.32 Å². The van der Waals surface area contributed by atoms with Gasteiger partial charge in [-0.2, -0.15) is 48.3 Å². The van der Waals surface area contributed by atoms with Crippen molar-refractivity contribution < 1.29 is 80.0 Å². The molecule has 0 aliphatic carbocycles. The van der Waals surface area contributed by atoms with E-state index in [0.717, 1.165) is 43.5 Å². The molecule has 2 fully saturated rings. The molecule has 1 aromatic rings. The largest absolute Gasteiger partial charge is 0.462 e. The molecule has 1 amide bonds. The number of epoxide rings is 1. The summed E-state index contributed by atoms with van der Waals surface area (Å²) >= 11 is 0. The van der Waals surface area contributed by atoms with Gasteiger partial charge in [0, 0.05) is 18.9 Å². The van der Waals surface area contributed by atoms with Crippen molar-refractivity contribution in [2.24, 2.45) is 0 Å². The van der Waals surface area contributed by atoms with E-state index in [0.29, 0.717) is 43.7 Å². The normalized spacial score (nSPS) is 26.8. The molecule has 0 saturated carbocycles. The van der Waals surface area contributed by atoms with E-state index in [2.05, 4.69) is 11.3 Å². The molecule has 1 N–H and O–H groups in total. The Morgan fingerprint density at radius 1 is 0.981 bits per heavy atom. The number of carbonyl (C=O) groups excluding carboxylic acids is 1. The molecule has 52 heavy (non-hydrogen) atoms. The first kappa shape index (κ1) is 44.9. The summed E-state index contributed by atoms with van der Waals surface area (Å²) in [4.78, 5) is 12.4. The van der Waals surface area contributed by atoms with Crippen molar-refractivity contribution in [3.63, 3.8) is 0 Å². The third-order valence-electron chi connectivity index (χ3n) is 8.83. The molecule has 2 aliphatic rings. The van der Waals surface area contributed by atoms with E-state index in [4.69, 9.17) is 22.1 Å². The highest BCUT2D eigenvalue weighted by molar-refractivity contribution is 6.91. The summed E-state index contributed by atoms with van der Waals surface area (Å²) in [5.41, 5.74) is -0.563. The molecule has 3 rings (SSSR count). The van der Waals surface area contributed by atoms with Gasteiger partial charge in [0.05, 0.1) is 21.3 Å². The molecule has 0 spiro atoms. The Labute approximate surface area is 299 Å². The predicted octanol–water partition coefficient (Wildman–Crippen LogP) is 7.72. The summed E-state index contributed by atoms with van der Waals surface area (Å²) < 4.78 is 180. The van der Waals surface area contributed by atoms with E-state index in [1.54, 1.807) is 6.07 Å². The van der Waals surface area contributed by atoms with Gasteiger partial charge < -0.3 is 27.4 Å². The van der Waals surface area contributed by atoms with Crippen LogP contribution in [0, 0.1) is 0 Å². The van der Waals surface area contributed by atoms with Gasteiger partial charge in [0.2, 0.25) is 0 Å². The van der Waals surface area contributed by atoms with Gasteiger partial charge in [-0.05, 0) is 62.7 Å². The van der Waals surface area contributed by atoms with Crippen LogP contribution in [0.15, 0.2) is 24.3 Å². The number of nitrogens with one attached hydrogen (secondary N) is 1. The van der Waals surface area contributed by atoms with E-state index in [1.165, 1.54) is 11.4 Å². The van der Waals surface area contributed by atoms with Crippen LogP contribution in [-0.2, 0) is 31.7 Å². The molecule has 2 heterocycles. The molecule has 300 valence electrons. The smallest absolute Gasteiger partial charge is 0.438 e. The van der Waals surface area contributed by atoms with Crippen molar-refractivity contribution in [1.82, 2.24) is 0 Å². The average molecular weight is 840 g/mol. The Morgan fingerprint density at radius 3 is 2.23 bits per heavy atom. The van der Waals surface area contributed by atoms with E-state index in [1.807, 2.05) is 26.2 Å². The van der Waals surface area contributed by atoms with Crippen molar-refractivity contribution in [3.05, 3.63) is 24.3 Å². The first-order valence-corrected chi connectivity index (χ1v) is 27.2. The van der Waals surface area contributed by atoms with Crippen LogP contribution in [0.1, 0.15) is 19.3 Å². The number of carbonyl (C=O) groups is 1. The maximum absolute atomic E-state index is 14.8. The standard InChI is InChI=1S/C29H44F11NO7Si4/c1-49-47-51(4,14-7-6-13-45-52(5,48-49)15-9-12-43-19-22-20-44-22)17-16-50(2,3)23-11-8-10-21(18-23)41-24(42)25(30,27(33,34)35)46-29(39,40)26(31,32)28(36,37)38/h8,10-11,18,22,49H,6-7,9,12-17,19-20H2,1-5H3,(H,41,42). The number of hydrogen-bond donors (Lipinski definition) is 1.